The summed E-state index contributed by atoms with van der Waals surface area (Å²) in [5.74, 6) is 1.91. The molecule has 10 aromatic rings. The summed E-state index contributed by atoms with van der Waals surface area (Å²) in [6.45, 7) is 0. The second-order valence-corrected chi connectivity index (χ2v) is 17.0. The predicted octanol–water partition coefficient (Wildman–Crippen LogP) is 14.7. The van der Waals surface area contributed by atoms with Crippen LogP contribution in [0.4, 0.5) is 0 Å². The normalized spacial score (nSPS) is 12.9. The number of benzene rings is 9. The molecule has 0 saturated carbocycles. The smallest absolute Gasteiger partial charge is 0.164 e. The van der Waals surface area contributed by atoms with Crippen molar-refractivity contribution in [2.45, 2.75) is 15.2 Å². The van der Waals surface area contributed by atoms with Gasteiger partial charge in [0, 0.05) is 26.5 Å². The first-order chi connectivity index (χ1) is 30.7. The van der Waals surface area contributed by atoms with E-state index in [0.29, 0.717) is 17.5 Å². The lowest BCUT2D eigenvalue weighted by Gasteiger charge is -2.39. The van der Waals surface area contributed by atoms with Crippen molar-refractivity contribution >= 4 is 11.8 Å². The van der Waals surface area contributed by atoms with Gasteiger partial charge in [-0.25, -0.2) is 15.0 Å². The average molecular weight is 808 g/mol. The van der Waals surface area contributed by atoms with Crippen LogP contribution in [0.25, 0.3) is 78.7 Å². The summed E-state index contributed by atoms with van der Waals surface area (Å²) < 4.78 is 0. The van der Waals surface area contributed by atoms with Gasteiger partial charge in [0.2, 0.25) is 0 Å². The van der Waals surface area contributed by atoms with E-state index in [0.717, 1.165) is 27.8 Å². The van der Waals surface area contributed by atoms with Crippen LogP contribution in [0.3, 0.4) is 0 Å². The van der Waals surface area contributed by atoms with Crippen molar-refractivity contribution in [1.82, 2.24) is 15.0 Å². The molecule has 3 nitrogen and oxygen atoms in total. The molecule has 2 heterocycles. The monoisotopic (exact) mass is 807 g/mol. The third-order valence-corrected chi connectivity index (χ3v) is 13.5. The molecule has 1 aliphatic carbocycles. The van der Waals surface area contributed by atoms with Gasteiger partial charge in [-0.3, -0.25) is 0 Å². The molecular formula is C58H37N3S. The maximum Gasteiger partial charge on any atom is 0.164 e. The summed E-state index contributed by atoms with van der Waals surface area (Å²) in [4.78, 5) is 18.1. The van der Waals surface area contributed by atoms with Gasteiger partial charge in [-0.2, -0.15) is 0 Å². The second-order valence-electron chi connectivity index (χ2n) is 15.9. The van der Waals surface area contributed by atoms with Gasteiger partial charge >= 0.3 is 0 Å². The molecule has 9 aromatic carbocycles. The molecule has 0 atom stereocenters. The molecule has 290 valence electrons. The summed E-state index contributed by atoms with van der Waals surface area (Å²) >= 11 is 1.84. The van der Waals surface area contributed by atoms with Crippen LogP contribution in [-0.4, -0.2) is 15.0 Å². The highest BCUT2D eigenvalue weighted by Gasteiger charge is 2.50. The predicted molar refractivity (Wildman–Crippen MR) is 254 cm³/mol. The third kappa shape index (κ3) is 5.94. The molecule has 0 unspecified atom stereocenters. The fourth-order valence-corrected chi connectivity index (χ4v) is 10.7. The second kappa shape index (κ2) is 14.8. The molecule has 0 fully saturated rings. The number of rotatable bonds is 6. The molecular weight excluding hydrogens is 771 g/mol. The molecule has 0 radical (unpaired) electrons. The molecule has 1 aliphatic heterocycles. The van der Waals surface area contributed by atoms with E-state index >= 15 is 0 Å². The Balaban J connectivity index is 1.000. The summed E-state index contributed by atoms with van der Waals surface area (Å²) in [7, 11) is 0. The first-order valence-electron chi connectivity index (χ1n) is 21.0. The van der Waals surface area contributed by atoms with Crippen LogP contribution >= 0.6 is 11.8 Å². The van der Waals surface area contributed by atoms with Gasteiger partial charge in [-0.1, -0.05) is 200 Å². The van der Waals surface area contributed by atoms with E-state index in [4.69, 9.17) is 15.0 Å². The van der Waals surface area contributed by atoms with Gasteiger partial charge in [0.15, 0.2) is 17.5 Å². The van der Waals surface area contributed by atoms with Crippen molar-refractivity contribution in [1.29, 1.82) is 0 Å². The van der Waals surface area contributed by atoms with Crippen molar-refractivity contribution < 1.29 is 0 Å². The molecule has 1 spiro atoms. The van der Waals surface area contributed by atoms with E-state index in [9.17, 15) is 0 Å². The lowest BCUT2D eigenvalue weighted by molar-refractivity contribution is 0.722. The zero-order valence-electron chi connectivity index (χ0n) is 33.6. The first kappa shape index (κ1) is 36.2. The van der Waals surface area contributed by atoms with Gasteiger partial charge in [0.1, 0.15) is 0 Å². The Kier molecular flexibility index (Phi) is 8.65. The Hall–Kier alpha value is -7.66. The summed E-state index contributed by atoms with van der Waals surface area (Å²) in [5.41, 5.74) is 17.0. The lowest BCUT2D eigenvalue weighted by atomic mass is 9.67. The highest BCUT2D eigenvalue weighted by atomic mass is 32.2. The first-order valence-corrected chi connectivity index (χ1v) is 21.8. The molecule has 0 N–H and O–H groups in total. The van der Waals surface area contributed by atoms with Crippen LogP contribution in [0.1, 0.15) is 22.3 Å². The van der Waals surface area contributed by atoms with Crippen LogP contribution in [0, 0.1) is 0 Å². The molecule has 0 saturated heterocycles. The zero-order valence-corrected chi connectivity index (χ0v) is 34.4. The van der Waals surface area contributed by atoms with Crippen LogP contribution in [0.2, 0.25) is 0 Å². The van der Waals surface area contributed by atoms with Crippen molar-refractivity contribution in [3.05, 3.63) is 247 Å². The fourth-order valence-electron chi connectivity index (χ4n) is 9.55. The van der Waals surface area contributed by atoms with Crippen LogP contribution in [-0.2, 0) is 5.41 Å². The van der Waals surface area contributed by atoms with E-state index in [2.05, 4.69) is 206 Å². The third-order valence-electron chi connectivity index (χ3n) is 12.4. The van der Waals surface area contributed by atoms with E-state index in [1.165, 1.54) is 65.4 Å². The van der Waals surface area contributed by atoms with Gasteiger partial charge in [-0.15, -0.1) is 0 Å². The van der Waals surface area contributed by atoms with Crippen LogP contribution in [0.15, 0.2) is 234 Å². The minimum atomic E-state index is -0.494. The van der Waals surface area contributed by atoms with E-state index in [1.54, 1.807) is 0 Å². The highest BCUT2D eigenvalue weighted by molar-refractivity contribution is 7.99. The number of nitrogens with zero attached hydrogens (tertiary/aromatic N) is 3. The van der Waals surface area contributed by atoms with Crippen molar-refractivity contribution in [2.75, 3.05) is 0 Å². The number of hydrogen-bond acceptors (Lipinski definition) is 4. The summed E-state index contributed by atoms with van der Waals surface area (Å²) in [5, 5.41) is 0. The largest absolute Gasteiger partial charge is 0.208 e. The Morgan fingerprint density at radius 3 is 1.18 bits per heavy atom. The Bertz CT molecular complexity index is 3210. The number of hydrogen-bond donors (Lipinski definition) is 0. The lowest BCUT2D eigenvalue weighted by Crippen LogP contribution is -2.32. The van der Waals surface area contributed by atoms with Crippen molar-refractivity contribution in [3.63, 3.8) is 0 Å². The topological polar surface area (TPSA) is 38.7 Å². The maximum absolute atomic E-state index is 5.28. The number of fused-ring (bicyclic) bond motifs is 9. The molecule has 62 heavy (non-hydrogen) atoms. The fraction of sp³-hybridized carbons (Fsp3) is 0.0172. The maximum atomic E-state index is 5.28. The van der Waals surface area contributed by atoms with Gasteiger partial charge < -0.3 is 0 Å². The Morgan fingerprint density at radius 1 is 0.258 bits per heavy atom. The Labute approximate surface area is 365 Å². The number of aromatic nitrogens is 3. The zero-order chi connectivity index (χ0) is 41.0. The minimum Gasteiger partial charge on any atom is -0.208 e. The van der Waals surface area contributed by atoms with Crippen molar-refractivity contribution in [3.8, 4) is 78.7 Å². The minimum absolute atomic E-state index is 0.494. The van der Waals surface area contributed by atoms with E-state index in [1.807, 2.05) is 30.0 Å². The molecule has 0 amide bonds. The summed E-state index contributed by atoms with van der Waals surface area (Å²) in [6.07, 6.45) is 0. The molecule has 12 rings (SSSR count). The quantitative estimate of drug-likeness (QED) is 0.168. The standard InChI is InChI=1S/C58H37N3S/c1-4-16-38(17-5-1)44-34-45(39-18-6-2-7-19-39)36-46(35-44)40-28-30-42(31-29-40)56-59-55(41-20-8-3-9-21-41)60-57(61-56)43-32-33-54-52(37-43)58(51-26-14-15-27-53(51)62-54)49-24-12-10-22-47(49)48-23-11-13-25-50(48)58/h1-37H. The molecule has 4 heteroatoms. The molecule has 2 aliphatic rings. The summed E-state index contributed by atoms with van der Waals surface area (Å²) in [6, 6.07) is 80.5. The van der Waals surface area contributed by atoms with Gasteiger partial charge in [-0.05, 0) is 103 Å². The Morgan fingerprint density at radius 2 is 0.629 bits per heavy atom. The van der Waals surface area contributed by atoms with Gasteiger partial charge in [0.05, 0.1) is 5.41 Å². The molecule has 1 aromatic heterocycles. The SMILES string of the molecule is c1ccc(-c2cc(-c3ccccc3)cc(-c3ccc(-c4nc(-c5ccccc5)nc(-c5ccc6c(c5)C5(c7ccccc7S6)c6ccccc6-c6ccccc65)n4)cc3)c2)cc1. The van der Waals surface area contributed by atoms with E-state index < -0.39 is 5.41 Å². The van der Waals surface area contributed by atoms with Gasteiger partial charge in [0.25, 0.3) is 0 Å². The average Bonchev–Trinajstić information content (AvgIpc) is 3.65. The highest BCUT2D eigenvalue weighted by Crippen LogP contribution is 2.62. The van der Waals surface area contributed by atoms with Crippen molar-refractivity contribution in [2.24, 2.45) is 0 Å². The van der Waals surface area contributed by atoms with Crippen LogP contribution < -0.4 is 0 Å². The van der Waals surface area contributed by atoms with E-state index in [-0.39, 0.29) is 0 Å². The molecule has 0 bridgehead atoms. The van der Waals surface area contributed by atoms with Crippen LogP contribution in [0.5, 0.6) is 0 Å².